The van der Waals surface area contributed by atoms with Crippen LogP contribution in [0.25, 0.3) is 6.08 Å². The molecule has 9 heteroatoms. The van der Waals surface area contributed by atoms with Crippen LogP contribution in [0, 0.1) is 6.92 Å². The van der Waals surface area contributed by atoms with E-state index in [2.05, 4.69) is 22.9 Å². The predicted molar refractivity (Wildman–Crippen MR) is 159 cm³/mol. The Balaban J connectivity index is 0.000000385. The van der Waals surface area contributed by atoms with Crippen LogP contribution in [0.1, 0.15) is 22.3 Å². The summed E-state index contributed by atoms with van der Waals surface area (Å²) in [5.74, 6) is -0.564. The lowest BCUT2D eigenvalue weighted by Crippen LogP contribution is -2.49. The summed E-state index contributed by atoms with van der Waals surface area (Å²) in [6, 6.07) is 24.3. The van der Waals surface area contributed by atoms with Crippen LogP contribution in [0.4, 0.5) is 0 Å². The van der Waals surface area contributed by atoms with Crippen LogP contribution in [-0.4, -0.2) is 62.5 Å². The smallest absolute Gasteiger partial charge is 0.247 e. The molecule has 0 aromatic heterocycles. The van der Waals surface area contributed by atoms with Crippen LogP contribution in [0.15, 0.2) is 84.4 Å². The van der Waals surface area contributed by atoms with E-state index in [9.17, 15) is 19.2 Å². The van der Waals surface area contributed by atoms with Gasteiger partial charge in [0, 0.05) is 12.0 Å². The summed E-state index contributed by atoms with van der Waals surface area (Å²) in [4.78, 5) is 49.3. The average molecular weight is 570 g/mol. The van der Waals surface area contributed by atoms with E-state index < -0.39 is 24.0 Å². The summed E-state index contributed by atoms with van der Waals surface area (Å²) in [6.45, 7) is 1.87. The summed E-state index contributed by atoms with van der Waals surface area (Å²) in [5, 5.41) is 7.73. The molecule has 3 aromatic carbocycles. The molecule has 218 valence electrons. The Labute approximate surface area is 245 Å². The van der Waals surface area contributed by atoms with Crippen LogP contribution < -0.4 is 20.7 Å². The standard InChI is InChI=1S/C25H25N3O5.C8H10O/c29-22(13-27-25(32)19-11-17-8-4-5-9-18(17)12-19)26-14-23(30)28-20(24(31)21-15-33-21)10-16-6-2-1-3-7-16;1-7-3-5-8(9-2)6-4-7/h1-9,11,20-21H,10,12-15H2,(H,26,29)(H,27,32)(H,28,30);3-6H,1-2H3. The Hall–Kier alpha value is -4.76. The summed E-state index contributed by atoms with van der Waals surface area (Å²) in [5.41, 5.74) is 4.83. The quantitative estimate of drug-likeness (QED) is 0.305. The van der Waals surface area contributed by atoms with Gasteiger partial charge >= 0.3 is 0 Å². The first-order valence-corrected chi connectivity index (χ1v) is 13.7. The molecule has 0 saturated carbocycles. The number of carbonyl (C=O) groups excluding carboxylic acids is 4. The van der Waals surface area contributed by atoms with E-state index in [-0.39, 0.29) is 24.8 Å². The van der Waals surface area contributed by atoms with Crippen molar-refractivity contribution < 1.29 is 28.7 Å². The number of carbonyl (C=O) groups is 4. The zero-order valence-electron chi connectivity index (χ0n) is 23.7. The third-order valence-corrected chi connectivity index (χ3v) is 6.78. The maximum atomic E-state index is 12.5. The van der Waals surface area contributed by atoms with E-state index in [1.165, 1.54) is 5.56 Å². The van der Waals surface area contributed by atoms with E-state index in [0.717, 1.165) is 22.4 Å². The van der Waals surface area contributed by atoms with Crippen LogP contribution in [0.3, 0.4) is 0 Å². The molecule has 0 radical (unpaired) electrons. The number of nitrogens with one attached hydrogen (secondary N) is 3. The molecule has 1 aliphatic heterocycles. The van der Waals surface area contributed by atoms with Crippen molar-refractivity contribution in [2.45, 2.75) is 31.9 Å². The molecule has 1 fully saturated rings. The molecule has 9 nitrogen and oxygen atoms in total. The Morgan fingerprint density at radius 3 is 2.21 bits per heavy atom. The fourth-order valence-corrected chi connectivity index (χ4v) is 4.37. The Kier molecular flexibility index (Phi) is 10.6. The van der Waals surface area contributed by atoms with Crippen molar-refractivity contribution in [1.29, 1.82) is 0 Å². The molecule has 42 heavy (non-hydrogen) atoms. The fraction of sp³-hybridized carbons (Fsp3) is 0.273. The second kappa shape index (κ2) is 14.7. The molecule has 3 N–H and O–H groups in total. The average Bonchev–Trinajstić information content (AvgIpc) is 3.77. The highest BCUT2D eigenvalue weighted by molar-refractivity contribution is 6.02. The van der Waals surface area contributed by atoms with Crippen molar-refractivity contribution in [1.82, 2.24) is 16.0 Å². The van der Waals surface area contributed by atoms with Gasteiger partial charge in [0.25, 0.3) is 0 Å². The van der Waals surface area contributed by atoms with Gasteiger partial charge < -0.3 is 25.4 Å². The molecule has 1 aliphatic carbocycles. The van der Waals surface area contributed by atoms with Crippen molar-refractivity contribution in [3.63, 3.8) is 0 Å². The van der Waals surface area contributed by atoms with E-state index in [0.29, 0.717) is 25.0 Å². The number of Topliss-reactive ketones (excluding diaryl/α,β-unsaturated/α-hetero) is 1. The minimum Gasteiger partial charge on any atom is -0.497 e. The SMILES string of the molecule is COc1ccc(C)cc1.O=C(CNC(=O)C1=Cc2ccccc2C1)NCC(=O)NC(Cc1ccccc1)C(=O)C1CO1. The van der Waals surface area contributed by atoms with Gasteiger partial charge in [-0.15, -0.1) is 0 Å². The third kappa shape index (κ3) is 9.14. The van der Waals surface area contributed by atoms with Crippen LogP contribution >= 0.6 is 0 Å². The van der Waals surface area contributed by atoms with Gasteiger partial charge in [0.2, 0.25) is 17.7 Å². The third-order valence-electron chi connectivity index (χ3n) is 6.78. The van der Waals surface area contributed by atoms with Gasteiger partial charge in [0.15, 0.2) is 5.78 Å². The Morgan fingerprint density at radius 2 is 1.55 bits per heavy atom. The van der Waals surface area contributed by atoms with Gasteiger partial charge in [-0.05, 0) is 48.2 Å². The topological polar surface area (TPSA) is 126 Å². The second-order valence-corrected chi connectivity index (χ2v) is 10.1. The highest BCUT2D eigenvalue weighted by Gasteiger charge is 2.37. The number of fused-ring (bicyclic) bond motifs is 1. The Morgan fingerprint density at radius 1 is 0.881 bits per heavy atom. The molecule has 3 aromatic rings. The van der Waals surface area contributed by atoms with Gasteiger partial charge in [0.1, 0.15) is 11.9 Å². The van der Waals surface area contributed by atoms with Gasteiger partial charge in [-0.1, -0.05) is 72.3 Å². The van der Waals surface area contributed by atoms with Crippen LogP contribution in [0.2, 0.25) is 0 Å². The molecule has 1 saturated heterocycles. The lowest BCUT2D eigenvalue weighted by molar-refractivity contribution is -0.129. The normalized spacial score (nSPS) is 15.1. The number of ketones is 1. The van der Waals surface area contributed by atoms with E-state index in [1.54, 1.807) is 7.11 Å². The van der Waals surface area contributed by atoms with Gasteiger partial charge in [-0.3, -0.25) is 19.2 Å². The zero-order chi connectivity index (χ0) is 29.9. The zero-order valence-corrected chi connectivity index (χ0v) is 23.7. The Bertz CT molecular complexity index is 1430. The molecular weight excluding hydrogens is 534 g/mol. The maximum Gasteiger partial charge on any atom is 0.247 e. The summed E-state index contributed by atoms with van der Waals surface area (Å²) >= 11 is 0. The molecule has 1 heterocycles. The number of aryl methyl sites for hydroxylation is 1. The second-order valence-electron chi connectivity index (χ2n) is 10.1. The molecule has 3 amide bonds. The van der Waals surface area contributed by atoms with Crippen molar-refractivity contribution >= 4 is 29.6 Å². The van der Waals surface area contributed by atoms with E-state index in [1.807, 2.05) is 84.9 Å². The summed E-state index contributed by atoms with van der Waals surface area (Å²) < 4.78 is 10.0. The van der Waals surface area contributed by atoms with Crippen molar-refractivity contribution in [3.05, 3.63) is 107 Å². The number of ether oxygens (including phenoxy) is 2. The monoisotopic (exact) mass is 569 g/mol. The minimum atomic E-state index is -0.736. The minimum absolute atomic E-state index is 0.184. The first-order chi connectivity index (χ1) is 20.3. The van der Waals surface area contributed by atoms with E-state index >= 15 is 0 Å². The molecule has 5 rings (SSSR count). The van der Waals surface area contributed by atoms with Gasteiger partial charge in [-0.25, -0.2) is 0 Å². The number of amides is 3. The number of hydrogen-bond acceptors (Lipinski definition) is 6. The largest absolute Gasteiger partial charge is 0.497 e. The molecule has 0 bridgehead atoms. The number of epoxide rings is 1. The molecule has 2 unspecified atom stereocenters. The van der Waals surface area contributed by atoms with Crippen LogP contribution in [0.5, 0.6) is 5.75 Å². The van der Waals surface area contributed by atoms with E-state index in [4.69, 9.17) is 9.47 Å². The predicted octanol–water partition coefficient (Wildman–Crippen LogP) is 2.56. The molecule has 0 spiro atoms. The van der Waals surface area contributed by atoms with Crippen molar-refractivity contribution in [2.75, 3.05) is 26.8 Å². The summed E-state index contributed by atoms with van der Waals surface area (Å²) in [7, 11) is 1.67. The van der Waals surface area contributed by atoms with Gasteiger partial charge in [-0.2, -0.15) is 0 Å². The highest BCUT2D eigenvalue weighted by Crippen LogP contribution is 2.24. The fourth-order valence-electron chi connectivity index (χ4n) is 4.37. The van der Waals surface area contributed by atoms with Crippen molar-refractivity contribution in [3.8, 4) is 5.75 Å². The first kappa shape index (κ1) is 30.2. The van der Waals surface area contributed by atoms with Gasteiger partial charge in [0.05, 0.1) is 32.8 Å². The molecule has 2 aliphatic rings. The van der Waals surface area contributed by atoms with Crippen LogP contribution in [-0.2, 0) is 36.8 Å². The summed E-state index contributed by atoms with van der Waals surface area (Å²) in [6.07, 6.45) is 2.18. The lowest BCUT2D eigenvalue weighted by atomic mass is 10.0. The molecule has 2 atom stereocenters. The lowest BCUT2D eigenvalue weighted by Gasteiger charge is -2.17. The highest BCUT2D eigenvalue weighted by atomic mass is 16.6. The number of hydrogen-bond donors (Lipinski definition) is 3. The first-order valence-electron chi connectivity index (χ1n) is 13.7. The number of methoxy groups -OCH3 is 1. The maximum absolute atomic E-state index is 12.5. The van der Waals surface area contributed by atoms with Crippen molar-refractivity contribution in [2.24, 2.45) is 0 Å². The number of benzene rings is 3. The molecular formula is C33H35N3O6. The number of rotatable bonds is 11.